The second-order valence-electron chi connectivity index (χ2n) is 5.83. The highest BCUT2D eigenvalue weighted by Crippen LogP contribution is 2.50. The van der Waals surface area contributed by atoms with Crippen molar-refractivity contribution in [2.24, 2.45) is 0 Å². The number of phosphoric ester groups is 1. The van der Waals surface area contributed by atoms with Crippen molar-refractivity contribution in [2.75, 3.05) is 0 Å². The summed E-state index contributed by atoms with van der Waals surface area (Å²) in [5.41, 5.74) is 0.927. The van der Waals surface area contributed by atoms with Crippen molar-refractivity contribution in [1.29, 1.82) is 0 Å². The Morgan fingerprint density at radius 3 is 1.66 bits per heavy atom. The molecule has 0 spiro atoms. The molecular formula is C22H23O6P. The van der Waals surface area contributed by atoms with E-state index in [0.29, 0.717) is 17.2 Å². The topological polar surface area (TPSA) is 82.1 Å². The molecule has 0 heterocycles. The van der Waals surface area contributed by atoms with Crippen LogP contribution in [-0.2, 0) is 15.8 Å². The lowest BCUT2D eigenvalue weighted by atomic mass is 10.1. The van der Waals surface area contributed by atoms with Gasteiger partial charge in [0.05, 0.1) is 0 Å². The van der Waals surface area contributed by atoms with Gasteiger partial charge in [-0.25, -0.2) is 0 Å². The van der Waals surface area contributed by atoms with Crippen LogP contribution in [0.25, 0.3) is 0 Å². The monoisotopic (exact) mass is 414 g/mol. The fourth-order valence-electron chi connectivity index (χ4n) is 2.28. The van der Waals surface area contributed by atoms with Crippen LogP contribution < -0.4 is 13.6 Å². The molecule has 6 nitrogen and oxygen atoms in total. The number of carboxylic acid groups (broad SMARTS) is 1. The molecule has 0 amide bonds. The maximum atomic E-state index is 13.3. The number of carbonyl (C=O) groups is 1. The summed E-state index contributed by atoms with van der Waals surface area (Å²) in [6.45, 7) is 3.09. The third kappa shape index (κ3) is 7.72. The second kappa shape index (κ2) is 10.9. The van der Waals surface area contributed by atoms with E-state index < -0.39 is 13.8 Å². The predicted octanol–water partition coefficient (Wildman–Crippen LogP) is 5.98. The van der Waals surface area contributed by atoms with E-state index in [9.17, 15) is 4.57 Å². The molecule has 3 rings (SSSR count). The van der Waals surface area contributed by atoms with E-state index >= 15 is 0 Å². The van der Waals surface area contributed by atoms with E-state index in [1.54, 1.807) is 54.6 Å². The number of hydrogen-bond donors (Lipinski definition) is 1. The van der Waals surface area contributed by atoms with Gasteiger partial charge in [0, 0.05) is 6.92 Å². The molecule has 0 aliphatic heterocycles. The molecule has 1 N–H and O–H groups in total. The van der Waals surface area contributed by atoms with Crippen molar-refractivity contribution in [2.45, 2.75) is 20.3 Å². The molecule has 0 saturated heterocycles. The van der Waals surface area contributed by atoms with Crippen LogP contribution >= 0.6 is 7.82 Å². The van der Waals surface area contributed by atoms with E-state index in [4.69, 9.17) is 23.5 Å². The molecule has 29 heavy (non-hydrogen) atoms. The van der Waals surface area contributed by atoms with Crippen molar-refractivity contribution in [3.8, 4) is 17.2 Å². The molecule has 0 aromatic heterocycles. The number of para-hydroxylation sites is 3. The minimum atomic E-state index is -3.93. The summed E-state index contributed by atoms with van der Waals surface area (Å²) in [7, 11) is -3.93. The Balaban J connectivity index is 0.000000687. The fraction of sp³-hybridized carbons (Fsp3) is 0.136. The average molecular weight is 414 g/mol. The number of benzene rings is 3. The van der Waals surface area contributed by atoms with Crippen molar-refractivity contribution in [3.63, 3.8) is 0 Å². The molecule has 0 unspecified atom stereocenters. The highest BCUT2D eigenvalue weighted by atomic mass is 31.2. The SMILES string of the molecule is CC(=O)O.CCc1ccccc1OP(=O)(Oc1ccccc1)Oc1ccccc1. The number of phosphoric acid groups is 1. The van der Waals surface area contributed by atoms with Gasteiger partial charge in [-0.15, -0.1) is 0 Å². The first-order valence-electron chi connectivity index (χ1n) is 8.98. The molecule has 0 aliphatic rings. The molecule has 0 radical (unpaired) electrons. The summed E-state index contributed by atoms with van der Waals surface area (Å²) in [6, 6.07) is 25.1. The summed E-state index contributed by atoms with van der Waals surface area (Å²) < 4.78 is 30.3. The quantitative estimate of drug-likeness (QED) is 0.479. The second-order valence-corrected chi connectivity index (χ2v) is 7.27. The van der Waals surface area contributed by atoms with E-state index in [0.717, 1.165) is 18.9 Å². The van der Waals surface area contributed by atoms with Gasteiger partial charge in [-0.05, 0) is 42.3 Å². The average Bonchev–Trinajstić information content (AvgIpc) is 2.69. The normalized spacial score (nSPS) is 10.3. The first-order chi connectivity index (χ1) is 13.9. The number of rotatable bonds is 7. The minimum absolute atomic E-state index is 0.413. The summed E-state index contributed by atoms with van der Waals surface area (Å²) >= 11 is 0. The van der Waals surface area contributed by atoms with Crippen molar-refractivity contribution in [1.82, 2.24) is 0 Å². The Kier molecular flexibility index (Phi) is 8.31. The zero-order valence-electron chi connectivity index (χ0n) is 16.2. The van der Waals surface area contributed by atoms with Crippen LogP contribution in [0.3, 0.4) is 0 Å². The third-order valence-electron chi connectivity index (χ3n) is 3.48. The van der Waals surface area contributed by atoms with Crippen molar-refractivity contribution in [3.05, 3.63) is 90.5 Å². The van der Waals surface area contributed by atoms with Crippen LogP contribution in [0, 0.1) is 0 Å². The summed E-state index contributed by atoms with van der Waals surface area (Å²) in [5.74, 6) is 0.478. The lowest BCUT2D eigenvalue weighted by Gasteiger charge is -2.20. The van der Waals surface area contributed by atoms with Crippen molar-refractivity contribution >= 4 is 13.8 Å². The highest BCUT2D eigenvalue weighted by molar-refractivity contribution is 7.49. The third-order valence-corrected chi connectivity index (χ3v) is 4.77. The van der Waals surface area contributed by atoms with Gasteiger partial charge in [0.25, 0.3) is 5.97 Å². The van der Waals surface area contributed by atoms with Gasteiger partial charge in [0.15, 0.2) is 0 Å². The first kappa shape index (κ1) is 22.1. The minimum Gasteiger partial charge on any atom is -0.481 e. The zero-order valence-corrected chi connectivity index (χ0v) is 17.1. The van der Waals surface area contributed by atoms with Gasteiger partial charge >= 0.3 is 7.82 Å². The number of aryl methyl sites for hydroxylation is 1. The molecule has 0 atom stereocenters. The lowest BCUT2D eigenvalue weighted by molar-refractivity contribution is -0.134. The zero-order chi connectivity index (χ0) is 21.1. The summed E-state index contributed by atoms with van der Waals surface area (Å²) in [4.78, 5) is 9.00. The van der Waals surface area contributed by atoms with Crippen LogP contribution in [0.2, 0.25) is 0 Å². The predicted molar refractivity (Wildman–Crippen MR) is 112 cm³/mol. The number of carboxylic acids is 1. The molecule has 0 fully saturated rings. The van der Waals surface area contributed by atoms with Gasteiger partial charge in [-0.1, -0.05) is 61.5 Å². The van der Waals surface area contributed by atoms with Crippen LogP contribution in [0.1, 0.15) is 19.4 Å². The molecule has 0 aliphatic carbocycles. The van der Waals surface area contributed by atoms with Crippen LogP contribution in [0.15, 0.2) is 84.9 Å². The molecule has 3 aromatic rings. The Hall–Kier alpha value is -3.24. The molecule has 3 aromatic carbocycles. The fourth-order valence-corrected chi connectivity index (χ4v) is 3.57. The van der Waals surface area contributed by atoms with E-state index in [-0.39, 0.29) is 0 Å². The smallest absolute Gasteiger partial charge is 0.481 e. The number of aliphatic carboxylic acids is 1. The highest BCUT2D eigenvalue weighted by Gasteiger charge is 2.33. The van der Waals surface area contributed by atoms with E-state index in [1.807, 2.05) is 37.3 Å². The molecule has 0 saturated carbocycles. The summed E-state index contributed by atoms with van der Waals surface area (Å²) in [5, 5.41) is 7.42. The Morgan fingerprint density at radius 1 is 0.793 bits per heavy atom. The lowest BCUT2D eigenvalue weighted by Crippen LogP contribution is -2.08. The molecule has 7 heteroatoms. The van der Waals surface area contributed by atoms with Gasteiger partial charge in [-0.2, -0.15) is 4.57 Å². The van der Waals surface area contributed by atoms with Gasteiger partial charge in [0.1, 0.15) is 17.2 Å². The Bertz CT molecular complexity index is 894. The maximum absolute atomic E-state index is 13.3. The van der Waals surface area contributed by atoms with Gasteiger partial charge in [0.2, 0.25) is 0 Å². The molecule has 152 valence electrons. The van der Waals surface area contributed by atoms with Gasteiger partial charge in [-0.3, -0.25) is 4.79 Å². The maximum Gasteiger partial charge on any atom is 0.647 e. The van der Waals surface area contributed by atoms with Crippen LogP contribution in [-0.4, -0.2) is 11.1 Å². The Morgan fingerprint density at radius 2 is 1.21 bits per heavy atom. The standard InChI is InChI=1S/C20H19O4P.C2H4O2/c1-2-17-11-9-10-16-20(17)24-25(21,22-18-12-5-3-6-13-18)23-19-14-7-4-8-15-19;1-2(3)4/h3-16H,2H2,1H3;1H3,(H,3,4). The molecule has 0 bridgehead atoms. The summed E-state index contributed by atoms with van der Waals surface area (Å²) in [6.07, 6.45) is 0.743. The molecular weight excluding hydrogens is 391 g/mol. The van der Waals surface area contributed by atoms with Crippen LogP contribution in [0.5, 0.6) is 17.2 Å². The van der Waals surface area contributed by atoms with E-state index in [1.165, 1.54) is 0 Å². The van der Waals surface area contributed by atoms with Gasteiger partial charge < -0.3 is 18.7 Å². The largest absolute Gasteiger partial charge is 0.647 e. The van der Waals surface area contributed by atoms with Crippen LogP contribution in [0.4, 0.5) is 0 Å². The first-order valence-corrected chi connectivity index (χ1v) is 10.4. The van der Waals surface area contributed by atoms with Crippen molar-refractivity contribution < 1.29 is 28.0 Å². The number of hydrogen-bond acceptors (Lipinski definition) is 5. The Labute approximate surface area is 170 Å². The van der Waals surface area contributed by atoms with E-state index in [2.05, 4.69) is 0 Å².